The van der Waals surface area contributed by atoms with E-state index in [9.17, 15) is 4.79 Å². The van der Waals surface area contributed by atoms with E-state index in [1.165, 1.54) is 5.56 Å². The molecule has 0 radical (unpaired) electrons. The summed E-state index contributed by atoms with van der Waals surface area (Å²) in [4.78, 5) is 14.0. The molecule has 0 spiro atoms. The SMILES string of the molecule is CN(C)Cc1ccc(NC(=O)Nc2ccc(Cl)c(Cl)c2)cc1. The van der Waals surface area contributed by atoms with Gasteiger partial charge < -0.3 is 15.5 Å². The lowest BCUT2D eigenvalue weighted by molar-refractivity contribution is 0.262. The van der Waals surface area contributed by atoms with Gasteiger partial charge in [-0.15, -0.1) is 0 Å². The Kier molecular flexibility index (Phi) is 5.66. The molecule has 0 heterocycles. The number of anilines is 2. The van der Waals surface area contributed by atoms with Crippen molar-refractivity contribution >= 4 is 40.6 Å². The van der Waals surface area contributed by atoms with Crippen LogP contribution < -0.4 is 10.6 Å². The quantitative estimate of drug-likeness (QED) is 0.849. The van der Waals surface area contributed by atoms with Gasteiger partial charge in [0.1, 0.15) is 0 Å². The zero-order chi connectivity index (χ0) is 16.1. The van der Waals surface area contributed by atoms with Crippen molar-refractivity contribution in [2.45, 2.75) is 6.54 Å². The van der Waals surface area contributed by atoms with Crippen molar-refractivity contribution < 1.29 is 4.79 Å². The van der Waals surface area contributed by atoms with E-state index < -0.39 is 0 Å². The first-order valence-corrected chi connectivity index (χ1v) is 7.46. The molecule has 2 amide bonds. The number of urea groups is 1. The third kappa shape index (κ3) is 4.91. The first kappa shape index (κ1) is 16.6. The Morgan fingerprint density at radius 2 is 1.55 bits per heavy atom. The molecule has 0 fully saturated rings. The molecule has 2 rings (SSSR count). The van der Waals surface area contributed by atoms with E-state index in [0.717, 1.165) is 12.2 Å². The molecular formula is C16H17Cl2N3O. The monoisotopic (exact) mass is 337 g/mol. The Hall–Kier alpha value is -1.75. The van der Waals surface area contributed by atoms with Gasteiger partial charge in [0.15, 0.2) is 0 Å². The third-order valence-corrected chi connectivity index (χ3v) is 3.63. The number of benzene rings is 2. The zero-order valence-electron chi connectivity index (χ0n) is 12.4. The van der Waals surface area contributed by atoms with Crippen LogP contribution in [0.25, 0.3) is 0 Å². The molecular weight excluding hydrogens is 321 g/mol. The largest absolute Gasteiger partial charge is 0.323 e. The molecule has 0 aliphatic rings. The molecule has 4 nitrogen and oxygen atoms in total. The lowest BCUT2D eigenvalue weighted by atomic mass is 10.2. The van der Waals surface area contributed by atoms with Crippen molar-refractivity contribution in [1.82, 2.24) is 4.90 Å². The van der Waals surface area contributed by atoms with Crippen LogP contribution in [-0.4, -0.2) is 25.0 Å². The molecule has 0 aliphatic heterocycles. The van der Waals surface area contributed by atoms with Gasteiger partial charge in [-0.2, -0.15) is 0 Å². The van der Waals surface area contributed by atoms with E-state index in [-0.39, 0.29) is 6.03 Å². The molecule has 0 saturated heterocycles. The molecule has 6 heteroatoms. The van der Waals surface area contributed by atoms with Crippen molar-refractivity contribution in [2.75, 3.05) is 24.7 Å². The minimum atomic E-state index is -0.334. The highest BCUT2D eigenvalue weighted by Gasteiger charge is 2.05. The Balaban J connectivity index is 1.95. The average Bonchev–Trinajstić information content (AvgIpc) is 2.44. The van der Waals surface area contributed by atoms with E-state index in [1.807, 2.05) is 38.4 Å². The summed E-state index contributed by atoms with van der Waals surface area (Å²) in [6, 6.07) is 12.3. The predicted molar refractivity (Wildman–Crippen MR) is 92.9 cm³/mol. The summed E-state index contributed by atoms with van der Waals surface area (Å²) >= 11 is 11.7. The predicted octanol–water partition coefficient (Wildman–Crippen LogP) is 4.70. The Bertz CT molecular complexity index is 657. The molecule has 0 atom stereocenters. The first-order valence-electron chi connectivity index (χ1n) is 6.71. The average molecular weight is 338 g/mol. The lowest BCUT2D eigenvalue weighted by Gasteiger charge is -2.11. The van der Waals surface area contributed by atoms with Gasteiger partial charge in [-0.05, 0) is 50.0 Å². The van der Waals surface area contributed by atoms with Crippen LogP contribution in [0.3, 0.4) is 0 Å². The van der Waals surface area contributed by atoms with Gasteiger partial charge in [-0.3, -0.25) is 0 Å². The van der Waals surface area contributed by atoms with Gasteiger partial charge in [0.05, 0.1) is 10.0 Å². The number of hydrogen-bond acceptors (Lipinski definition) is 2. The van der Waals surface area contributed by atoms with E-state index in [4.69, 9.17) is 23.2 Å². The number of nitrogens with one attached hydrogen (secondary N) is 2. The molecule has 0 saturated carbocycles. The van der Waals surface area contributed by atoms with Crippen LogP contribution in [0.4, 0.5) is 16.2 Å². The van der Waals surface area contributed by atoms with Crippen LogP contribution in [0.15, 0.2) is 42.5 Å². The normalized spacial score (nSPS) is 10.6. The van der Waals surface area contributed by atoms with E-state index >= 15 is 0 Å². The van der Waals surface area contributed by atoms with Gasteiger partial charge in [-0.25, -0.2) is 4.79 Å². The Morgan fingerprint density at radius 3 is 2.14 bits per heavy atom. The second-order valence-corrected chi connectivity index (χ2v) is 5.96. The maximum absolute atomic E-state index is 11.9. The Labute approximate surface area is 140 Å². The van der Waals surface area contributed by atoms with Crippen LogP contribution >= 0.6 is 23.2 Å². The van der Waals surface area contributed by atoms with Crippen LogP contribution in [0, 0.1) is 0 Å². The number of amides is 2. The number of carbonyl (C=O) groups excluding carboxylic acids is 1. The first-order chi connectivity index (χ1) is 10.4. The van der Waals surface area contributed by atoms with Crippen molar-refractivity contribution in [3.8, 4) is 0 Å². The highest BCUT2D eigenvalue weighted by atomic mass is 35.5. The molecule has 0 unspecified atom stereocenters. The minimum absolute atomic E-state index is 0.334. The van der Waals surface area contributed by atoms with Crippen molar-refractivity contribution in [3.05, 3.63) is 58.1 Å². The summed E-state index contributed by atoms with van der Waals surface area (Å²) in [7, 11) is 4.02. The smallest absolute Gasteiger partial charge is 0.308 e. The fourth-order valence-corrected chi connectivity index (χ4v) is 2.22. The number of hydrogen-bond donors (Lipinski definition) is 2. The van der Waals surface area contributed by atoms with Crippen molar-refractivity contribution in [1.29, 1.82) is 0 Å². The second-order valence-electron chi connectivity index (χ2n) is 5.14. The third-order valence-electron chi connectivity index (χ3n) is 2.89. The molecule has 0 aromatic heterocycles. The number of nitrogens with zero attached hydrogens (tertiary/aromatic N) is 1. The highest BCUT2D eigenvalue weighted by molar-refractivity contribution is 6.42. The summed E-state index contributed by atoms with van der Waals surface area (Å²) in [5.41, 5.74) is 2.48. The lowest BCUT2D eigenvalue weighted by Crippen LogP contribution is -2.19. The fourth-order valence-electron chi connectivity index (χ4n) is 1.93. The molecule has 0 aliphatic carbocycles. The molecule has 22 heavy (non-hydrogen) atoms. The molecule has 2 aromatic carbocycles. The van der Waals surface area contributed by atoms with Gasteiger partial charge in [0.25, 0.3) is 0 Å². The van der Waals surface area contributed by atoms with Crippen LogP contribution in [-0.2, 0) is 6.54 Å². The zero-order valence-corrected chi connectivity index (χ0v) is 13.9. The van der Waals surface area contributed by atoms with E-state index in [1.54, 1.807) is 18.2 Å². The Morgan fingerprint density at radius 1 is 0.955 bits per heavy atom. The summed E-state index contributed by atoms with van der Waals surface area (Å²) in [5, 5.41) is 6.31. The maximum Gasteiger partial charge on any atom is 0.323 e. The van der Waals surface area contributed by atoms with Gasteiger partial charge in [-0.1, -0.05) is 35.3 Å². The minimum Gasteiger partial charge on any atom is -0.308 e. The fraction of sp³-hybridized carbons (Fsp3) is 0.188. The summed E-state index contributed by atoms with van der Waals surface area (Å²) < 4.78 is 0. The van der Waals surface area contributed by atoms with Gasteiger partial charge in [0.2, 0.25) is 0 Å². The van der Waals surface area contributed by atoms with Crippen LogP contribution in [0.1, 0.15) is 5.56 Å². The van der Waals surface area contributed by atoms with E-state index in [0.29, 0.717) is 15.7 Å². The molecule has 2 N–H and O–H groups in total. The van der Waals surface area contributed by atoms with Gasteiger partial charge >= 0.3 is 6.03 Å². The molecule has 2 aromatic rings. The second kappa shape index (κ2) is 7.49. The highest BCUT2D eigenvalue weighted by Crippen LogP contribution is 2.25. The standard InChI is InChI=1S/C16H17Cl2N3O/c1-21(2)10-11-3-5-12(6-4-11)19-16(22)20-13-7-8-14(17)15(18)9-13/h3-9H,10H2,1-2H3,(H2,19,20,22). The van der Waals surface area contributed by atoms with E-state index in [2.05, 4.69) is 15.5 Å². The summed E-state index contributed by atoms with van der Waals surface area (Å²) in [6.07, 6.45) is 0. The van der Waals surface area contributed by atoms with Crippen molar-refractivity contribution in [2.24, 2.45) is 0 Å². The number of carbonyl (C=O) groups is 1. The van der Waals surface area contributed by atoms with Crippen LogP contribution in [0.2, 0.25) is 10.0 Å². The molecule has 116 valence electrons. The number of rotatable bonds is 4. The van der Waals surface area contributed by atoms with Gasteiger partial charge in [0, 0.05) is 17.9 Å². The number of halogens is 2. The maximum atomic E-state index is 11.9. The summed E-state index contributed by atoms with van der Waals surface area (Å²) in [6.45, 7) is 0.857. The van der Waals surface area contributed by atoms with Crippen LogP contribution in [0.5, 0.6) is 0 Å². The molecule has 0 bridgehead atoms. The van der Waals surface area contributed by atoms with Crippen molar-refractivity contribution in [3.63, 3.8) is 0 Å². The topological polar surface area (TPSA) is 44.4 Å². The summed E-state index contributed by atoms with van der Waals surface area (Å²) in [5.74, 6) is 0.